The van der Waals surface area contributed by atoms with Crippen molar-refractivity contribution in [1.82, 2.24) is 0 Å². The van der Waals surface area contributed by atoms with Crippen molar-refractivity contribution in [3.63, 3.8) is 0 Å². The highest BCUT2D eigenvalue weighted by atomic mass is 16.5. The van der Waals surface area contributed by atoms with Crippen LogP contribution in [0.1, 0.15) is 24.8 Å². The Bertz CT molecular complexity index is 283. The summed E-state index contributed by atoms with van der Waals surface area (Å²) in [5.41, 5.74) is 1.25. The van der Waals surface area contributed by atoms with E-state index in [1.165, 1.54) is 24.8 Å². The van der Waals surface area contributed by atoms with Crippen LogP contribution in [-0.4, -0.2) is 12.7 Å². The lowest BCUT2D eigenvalue weighted by Crippen LogP contribution is -2.15. The van der Waals surface area contributed by atoms with Gasteiger partial charge in [0.1, 0.15) is 0 Å². The number of rotatable bonds is 2. The molecule has 1 aromatic carbocycles. The summed E-state index contributed by atoms with van der Waals surface area (Å²) in [4.78, 5) is 0. The van der Waals surface area contributed by atoms with Crippen molar-refractivity contribution >= 4 is 6.08 Å². The quantitative estimate of drug-likeness (QED) is 0.692. The van der Waals surface area contributed by atoms with Gasteiger partial charge in [0.15, 0.2) is 0 Å². The van der Waals surface area contributed by atoms with E-state index in [9.17, 15) is 0 Å². The second-order valence-corrected chi connectivity index (χ2v) is 3.67. The summed E-state index contributed by atoms with van der Waals surface area (Å²) in [5, 5.41) is 0. The monoisotopic (exact) mass is 188 g/mol. The van der Waals surface area contributed by atoms with Gasteiger partial charge in [0.25, 0.3) is 0 Å². The van der Waals surface area contributed by atoms with E-state index < -0.39 is 0 Å². The third-order valence-electron chi connectivity index (χ3n) is 2.52. The van der Waals surface area contributed by atoms with Gasteiger partial charge in [0.05, 0.1) is 6.10 Å². The SMILES string of the molecule is C(=C\[C@H]1CCCCO1)/c1ccccc1. The molecule has 1 fully saturated rings. The molecule has 1 heteroatoms. The molecule has 1 aliphatic rings. The topological polar surface area (TPSA) is 9.23 Å². The van der Waals surface area contributed by atoms with Gasteiger partial charge in [0, 0.05) is 6.61 Å². The summed E-state index contributed by atoms with van der Waals surface area (Å²) < 4.78 is 5.61. The molecule has 74 valence electrons. The summed E-state index contributed by atoms with van der Waals surface area (Å²) >= 11 is 0. The van der Waals surface area contributed by atoms with Gasteiger partial charge in [-0.15, -0.1) is 0 Å². The lowest BCUT2D eigenvalue weighted by molar-refractivity contribution is 0.0471. The molecular formula is C13H16O. The first-order valence-electron chi connectivity index (χ1n) is 5.30. The Morgan fingerprint density at radius 2 is 2.00 bits per heavy atom. The van der Waals surface area contributed by atoms with E-state index in [1.54, 1.807) is 0 Å². The predicted octanol–water partition coefficient (Wildman–Crippen LogP) is 3.27. The zero-order chi connectivity index (χ0) is 9.64. The zero-order valence-corrected chi connectivity index (χ0v) is 8.36. The van der Waals surface area contributed by atoms with Crippen molar-refractivity contribution in [3.05, 3.63) is 42.0 Å². The van der Waals surface area contributed by atoms with Crippen LogP contribution in [0, 0.1) is 0 Å². The van der Waals surface area contributed by atoms with Crippen molar-refractivity contribution in [3.8, 4) is 0 Å². The molecule has 1 saturated heterocycles. The van der Waals surface area contributed by atoms with Gasteiger partial charge in [-0.25, -0.2) is 0 Å². The molecule has 0 unspecified atom stereocenters. The molecule has 14 heavy (non-hydrogen) atoms. The molecule has 0 amide bonds. The average Bonchev–Trinajstić information content (AvgIpc) is 2.29. The third-order valence-corrected chi connectivity index (χ3v) is 2.52. The van der Waals surface area contributed by atoms with E-state index in [-0.39, 0.29) is 0 Å². The minimum atomic E-state index is 0.337. The number of hydrogen-bond donors (Lipinski definition) is 0. The molecule has 0 saturated carbocycles. The highest BCUT2D eigenvalue weighted by molar-refractivity contribution is 5.49. The second kappa shape index (κ2) is 4.97. The van der Waals surface area contributed by atoms with Crippen molar-refractivity contribution < 1.29 is 4.74 Å². The van der Waals surface area contributed by atoms with E-state index in [2.05, 4.69) is 36.4 Å². The Labute approximate surface area is 85.4 Å². The Hall–Kier alpha value is -1.08. The maximum absolute atomic E-state index is 5.61. The van der Waals surface area contributed by atoms with Gasteiger partial charge < -0.3 is 4.74 Å². The summed E-state index contributed by atoms with van der Waals surface area (Å²) in [7, 11) is 0. The molecule has 0 spiro atoms. The van der Waals surface area contributed by atoms with Gasteiger partial charge >= 0.3 is 0 Å². The summed E-state index contributed by atoms with van der Waals surface area (Å²) in [6.45, 7) is 0.920. The largest absolute Gasteiger partial charge is 0.374 e. The maximum Gasteiger partial charge on any atom is 0.0759 e. The molecule has 0 bridgehead atoms. The van der Waals surface area contributed by atoms with Crippen LogP contribution < -0.4 is 0 Å². The van der Waals surface area contributed by atoms with E-state index in [1.807, 2.05) is 6.07 Å². The van der Waals surface area contributed by atoms with Gasteiger partial charge in [-0.3, -0.25) is 0 Å². The molecule has 1 nitrogen and oxygen atoms in total. The smallest absolute Gasteiger partial charge is 0.0759 e. The molecule has 2 rings (SSSR count). The lowest BCUT2D eigenvalue weighted by atomic mass is 10.1. The maximum atomic E-state index is 5.61. The molecule has 0 N–H and O–H groups in total. The van der Waals surface area contributed by atoms with Crippen LogP contribution in [0.15, 0.2) is 36.4 Å². The first-order valence-corrected chi connectivity index (χ1v) is 5.30. The molecule has 1 heterocycles. The summed E-state index contributed by atoms with van der Waals surface area (Å²) in [6.07, 6.45) is 8.34. The Morgan fingerprint density at radius 3 is 2.71 bits per heavy atom. The second-order valence-electron chi connectivity index (χ2n) is 3.67. The lowest BCUT2D eigenvalue weighted by Gasteiger charge is -2.19. The van der Waals surface area contributed by atoms with Crippen LogP contribution in [-0.2, 0) is 4.74 Å². The molecule has 0 aromatic heterocycles. The summed E-state index contributed by atoms with van der Waals surface area (Å²) in [6, 6.07) is 10.4. The fraction of sp³-hybridized carbons (Fsp3) is 0.385. The van der Waals surface area contributed by atoms with Crippen LogP contribution in [0.2, 0.25) is 0 Å². The van der Waals surface area contributed by atoms with E-state index in [0.29, 0.717) is 6.10 Å². The van der Waals surface area contributed by atoms with Crippen molar-refractivity contribution in [1.29, 1.82) is 0 Å². The van der Waals surface area contributed by atoms with Crippen LogP contribution in [0.25, 0.3) is 6.08 Å². The first-order chi connectivity index (χ1) is 6.95. The van der Waals surface area contributed by atoms with Crippen molar-refractivity contribution in [2.75, 3.05) is 6.61 Å². The molecule has 0 radical (unpaired) electrons. The van der Waals surface area contributed by atoms with Gasteiger partial charge in [-0.2, -0.15) is 0 Å². The fourth-order valence-corrected chi connectivity index (χ4v) is 1.70. The number of hydrogen-bond acceptors (Lipinski definition) is 1. The van der Waals surface area contributed by atoms with E-state index >= 15 is 0 Å². The van der Waals surface area contributed by atoms with Crippen LogP contribution in [0.3, 0.4) is 0 Å². The molecule has 0 aliphatic carbocycles. The standard InChI is InChI=1S/C13H16O/c1-2-6-12(7-3-1)9-10-13-8-4-5-11-14-13/h1-3,6-7,9-10,13H,4-5,8,11H2/b10-9+/t13-/m1/s1. The van der Waals surface area contributed by atoms with Crippen LogP contribution >= 0.6 is 0 Å². The normalized spacial score (nSPS) is 22.7. The first kappa shape index (κ1) is 9.47. The van der Waals surface area contributed by atoms with Crippen molar-refractivity contribution in [2.24, 2.45) is 0 Å². The molecular weight excluding hydrogens is 172 g/mol. The minimum absolute atomic E-state index is 0.337. The zero-order valence-electron chi connectivity index (χ0n) is 8.36. The Balaban J connectivity index is 1.93. The predicted molar refractivity (Wildman–Crippen MR) is 59.1 cm³/mol. The van der Waals surface area contributed by atoms with Gasteiger partial charge in [-0.05, 0) is 24.8 Å². The van der Waals surface area contributed by atoms with Crippen molar-refractivity contribution in [2.45, 2.75) is 25.4 Å². The minimum Gasteiger partial charge on any atom is -0.374 e. The van der Waals surface area contributed by atoms with Gasteiger partial charge in [-0.1, -0.05) is 42.5 Å². The van der Waals surface area contributed by atoms with Crippen LogP contribution in [0.5, 0.6) is 0 Å². The summed E-state index contributed by atoms with van der Waals surface area (Å²) in [5.74, 6) is 0. The Morgan fingerprint density at radius 1 is 1.14 bits per heavy atom. The van der Waals surface area contributed by atoms with E-state index in [0.717, 1.165) is 6.61 Å². The third kappa shape index (κ3) is 2.71. The molecule has 1 aliphatic heterocycles. The van der Waals surface area contributed by atoms with E-state index in [4.69, 9.17) is 4.74 Å². The van der Waals surface area contributed by atoms with Gasteiger partial charge in [0.2, 0.25) is 0 Å². The highest BCUT2D eigenvalue weighted by Crippen LogP contribution is 2.14. The highest BCUT2D eigenvalue weighted by Gasteiger charge is 2.09. The number of ether oxygens (including phenoxy) is 1. The van der Waals surface area contributed by atoms with Crippen LogP contribution in [0.4, 0.5) is 0 Å². The molecule has 1 aromatic rings. The fourth-order valence-electron chi connectivity index (χ4n) is 1.70. The average molecular weight is 188 g/mol. The Kier molecular flexibility index (Phi) is 3.36. The molecule has 1 atom stereocenters. The number of benzene rings is 1.